The molecule has 0 aliphatic heterocycles. The van der Waals surface area contributed by atoms with Crippen LogP contribution in [0.25, 0.3) is 21.3 Å². The molecule has 0 spiro atoms. The van der Waals surface area contributed by atoms with Gasteiger partial charge in [-0.05, 0) is 73.0 Å². The van der Waals surface area contributed by atoms with Gasteiger partial charge in [0.15, 0.2) is 4.47 Å². The number of amides is 1. The highest BCUT2D eigenvalue weighted by Crippen LogP contribution is 2.34. The van der Waals surface area contributed by atoms with Crippen molar-refractivity contribution in [1.29, 1.82) is 0 Å². The number of hydrogen-bond donors (Lipinski definition) is 2. The molecule has 0 saturated carbocycles. The smallest absolute Gasteiger partial charge is 0.416 e. The number of carbonyl (C=O) groups is 2. The molecule has 4 rings (SSSR count). The van der Waals surface area contributed by atoms with Gasteiger partial charge in [0, 0.05) is 12.0 Å². The summed E-state index contributed by atoms with van der Waals surface area (Å²) in [6.45, 7) is 3.59. The summed E-state index contributed by atoms with van der Waals surface area (Å²) in [7, 11) is 0. The SMILES string of the molecule is CC(C)Oc1ccc(-c2cccc(C(F)(F)F)c2)cc1C[C@H](NC(=O)c1ccc2nc(Cl)sc2c1)C(=O)O. The first-order valence-electron chi connectivity index (χ1n) is 11.5. The standard InChI is InChI=1S/C27H22ClF3N2O4S/c1-14(2)37-22-9-7-16(15-4-3-5-19(11-15)27(29,30)31)10-18(22)12-21(25(35)36)32-24(34)17-6-8-20-23(13-17)38-26(28)33-20/h3-11,13-14,21H,12H2,1-2H3,(H,32,34)(H,35,36)/t21-/m0/s1. The Morgan fingerprint density at radius 3 is 2.50 bits per heavy atom. The topological polar surface area (TPSA) is 88.5 Å². The lowest BCUT2D eigenvalue weighted by atomic mass is 9.97. The van der Waals surface area contributed by atoms with Crippen LogP contribution in [0.2, 0.25) is 4.47 Å². The minimum absolute atomic E-state index is 0.162. The van der Waals surface area contributed by atoms with Gasteiger partial charge in [0.25, 0.3) is 5.91 Å². The van der Waals surface area contributed by atoms with Gasteiger partial charge in [-0.15, -0.1) is 11.3 Å². The molecule has 0 aliphatic rings. The zero-order valence-corrected chi connectivity index (χ0v) is 21.7. The van der Waals surface area contributed by atoms with Gasteiger partial charge in [-0.3, -0.25) is 4.79 Å². The molecule has 0 radical (unpaired) electrons. The molecule has 2 N–H and O–H groups in total. The Labute approximate surface area is 225 Å². The number of rotatable bonds is 8. The number of halogens is 4. The molecule has 0 bridgehead atoms. The van der Waals surface area contributed by atoms with Crippen LogP contribution in [-0.4, -0.2) is 34.1 Å². The number of aliphatic carboxylic acids is 1. The molecule has 1 atom stereocenters. The summed E-state index contributed by atoms with van der Waals surface area (Å²) in [5.41, 5.74) is 1.24. The maximum absolute atomic E-state index is 13.2. The Kier molecular flexibility index (Phi) is 7.94. The first kappa shape index (κ1) is 27.4. The van der Waals surface area contributed by atoms with E-state index < -0.39 is 29.7 Å². The molecule has 0 unspecified atom stereocenters. The van der Waals surface area contributed by atoms with Gasteiger partial charge < -0.3 is 15.2 Å². The van der Waals surface area contributed by atoms with Crippen LogP contribution in [0.15, 0.2) is 60.7 Å². The third-order valence-electron chi connectivity index (χ3n) is 5.60. The number of carboxylic acids is 1. The number of hydrogen-bond acceptors (Lipinski definition) is 5. The van der Waals surface area contributed by atoms with Gasteiger partial charge in [-0.1, -0.05) is 29.8 Å². The van der Waals surface area contributed by atoms with Crippen molar-refractivity contribution in [2.45, 2.75) is 38.6 Å². The first-order valence-corrected chi connectivity index (χ1v) is 12.7. The van der Waals surface area contributed by atoms with Crippen molar-refractivity contribution >= 4 is 45.0 Å². The van der Waals surface area contributed by atoms with Crippen molar-refractivity contribution in [2.75, 3.05) is 0 Å². The van der Waals surface area contributed by atoms with E-state index in [9.17, 15) is 27.9 Å². The molecule has 0 fully saturated rings. The van der Waals surface area contributed by atoms with Crippen LogP contribution < -0.4 is 10.1 Å². The second kappa shape index (κ2) is 11.0. The number of nitrogens with one attached hydrogen (secondary N) is 1. The van der Waals surface area contributed by atoms with Gasteiger partial charge in [0.2, 0.25) is 0 Å². The van der Waals surface area contributed by atoms with Crippen LogP contribution in [-0.2, 0) is 17.4 Å². The molecule has 1 aromatic heterocycles. The largest absolute Gasteiger partial charge is 0.491 e. The fourth-order valence-electron chi connectivity index (χ4n) is 3.86. The van der Waals surface area contributed by atoms with E-state index in [1.807, 2.05) is 0 Å². The summed E-state index contributed by atoms with van der Waals surface area (Å²) in [4.78, 5) is 29.2. The van der Waals surface area contributed by atoms with Crippen LogP contribution in [0.5, 0.6) is 5.75 Å². The second-order valence-electron chi connectivity index (χ2n) is 8.79. The molecule has 6 nitrogen and oxygen atoms in total. The molecule has 4 aromatic rings. The van der Waals surface area contributed by atoms with E-state index in [2.05, 4.69) is 10.3 Å². The van der Waals surface area contributed by atoms with Gasteiger partial charge >= 0.3 is 12.1 Å². The van der Waals surface area contributed by atoms with Gasteiger partial charge in [0.05, 0.1) is 21.9 Å². The zero-order chi connectivity index (χ0) is 27.6. The van der Waals surface area contributed by atoms with Crippen molar-refractivity contribution in [3.8, 4) is 16.9 Å². The molecule has 0 saturated heterocycles. The Balaban J connectivity index is 1.64. The van der Waals surface area contributed by atoms with Crippen molar-refractivity contribution in [1.82, 2.24) is 10.3 Å². The van der Waals surface area contributed by atoms with Crippen molar-refractivity contribution in [3.05, 3.63) is 81.8 Å². The number of carbonyl (C=O) groups excluding carboxylic acids is 1. The lowest BCUT2D eigenvalue weighted by Gasteiger charge is -2.20. The first-order chi connectivity index (χ1) is 17.9. The summed E-state index contributed by atoms with van der Waals surface area (Å²) in [5.74, 6) is -1.51. The third kappa shape index (κ3) is 6.43. The predicted molar refractivity (Wildman–Crippen MR) is 140 cm³/mol. The number of alkyl halides is 3. The number of carboxylic acid groups (broad SMARTS) is 1. The third-order valence-corrected chi connectivity index (χ3v) is 6.72. The number of nitrogens with zero attached hydrogens (tertiary/aromatic N) is 1. The minimum Gasteiger partial charge on any atom is -0.491 e. The van der Waals surface area contributed by atoms with Gasteiger partial charge in [-0.25, -0.2) is 9.78 Å². The van der Waals surface area contributed by atoms with Crippen LogP contribution in [0, 0.1) is 0 Å². The number of aromatic nitrogens is 1. The van der Waals surface area contributed by atoms with Crippen molar-refractivity contribution in [2.24, 2.45) is 0 Å². The van der Waals surface area contributed by atoms with E-state index in [1.54, 1.807) is 44.2 Å². The van der Waals surface area contributed by atoms with Gasteiger partial charge in [-0.2, -0.15) is 13.2 Å². The zero-order valence-electron chi connectivity index (χ0n) is 20.2. The Bertz CT molecular complexity index is 1500. The van der Waals surface area contributed by atoms with Crippen molar-refractivity contribution in [3.63, 3.8) is 0 Å². The summed E-state index contributed by atoms with van der Waals surface area (Å²) in [6, 6.07) is 13.0. The van der Waals surface area contributed by atoms with E-state index >= 15 is 0 Å². The maximum Gasteiger partial charge on any atom is 0.416 e. The Hall–Kier alpha value is -3.63. The summed E-state index contributed by atoms with van der Waals surface area (Å²) in [6.07, 6.45) is -4.92. The van der Waals surface area contributed by atoms with Crippen LogP contribution in [0.3, 0.4) is 0 Å². The fraction of sp³-hybridized carbons (Fsp3) is 0.222. The van der Waals surface area contributed by atoms with Crippen LogP contribution in [0.4, 0.5) is 13.2 Å². The lowest BCUT2D eigenvalue weighted by molar-refractivity contribution is -0.139. The Morgan fingerprint density at radius 2 is 1.82 bits per heavy atom. The molecule has 38 heavy (non-hydrogen) atoms. The highest BCUT2D eigenvalue weighted by molar-refractivity contribution is 7.22. The fourth-order valence-corrected chi connectivity index (χ4v) is 4.93. The second-order valence-corrected chi connectivity index (χ2v) is 10.4. The maximum atomic E-state index is 13.2. The predicted octanol–water partition coefficient (Wildman–Crippen LogP) is 6.85. The molecule has 198 valence electrons. The molecule has 3 aromatic carbocycles. The quantitative estimate of drug-likeness (QED) is 0.245. The molecule has 11 heteroatoms. The van der Waals surface area contributed by atoms with E-state index in [-0.39, 0.29) is 18.1 Å². The monoisotopic (exact) mass is 562 g/mol. The Morgan fingerprint density at radius 1 is 1.08 bits per heavy atom. The average molecular weight is 563 g/mol. The highest BCUT2D eigenvalue weighted by atomic mass is 35.5. The number of fused-ring (bicyclic) bond motifs is 1. The van der Waals surface area contributed by atoms with Crippen LogP contribution >= 0.6 is 22.9 Å². The van der Waals surface area contributed by atoms with Crippen LogP contribution in [0.1, 0.15) is 35.3 Å². The lowest BCUT2D eigenvalue weighted by Crippen LogP contribution is -2.42. The van der Waals surface area contributed by atoms with E-state index in [1.165, 1.54) is 29.5 Å². The molecule has 0 aliphatic carbocycles. The molecular weight excluding hydrogens is 541 g/mol. The van der Waals surface area contributed by atoms with E-state index in [0.29, 0.717) is 37.1 Å². The molecule has 1 heterocycles. The number of benzene rings is 3. The van der Waals surface area contributed by atoms with Crippen molar-refractivity contribution < 1.29 is 32.6 Å². The summed E-state index contributed by atoms with van der Waals surface area (Å²) >= 11 is 7.12. The average Bonchev–Trinajstić information content (AvgIpc) is 3.23. The minimum atomic E-state index is -4.51. The summed E-state index contributed by atoms with van der Waals surface area (Å²) in [5, 5.41) is 12.4. The normalized spacial score (nSPS) is 12.5. The highest BCUT2D eigenvalue weighted by Gasteiger charge is 2.30. The summed E-state index contributed by atoms with van der Waals surface area (Å²) < 4.78 is 46.6. The molecule has 1 amide bonds. The van der Waals surface area contributed by atoms with E-state index in [0.717, 1.165) is 12.1 Å². The number of thiazole rings is 1. The van der Waals surface area contributed by atoms with E-state index in [4.69, 9.17) is 16.3 Å². The number of ether oxygens (including phenoxy) is 1. The molecular formula is C27H22ClF3N2O4S. The van der Waals surface area contributed by atoms with Gasteiger partial charge in [0.1, 0.15) is 11.8 Å².